The summed E-state index contributed by atoms with van der Waals surface area (Å²) in [5, 5.41) is 7.64. The molecule has 1 heterocycles. The molecule has 1 unspecified atom stereocenters. The van der Waals surface area contributed by atoms with E-state index < -0.39 is 0 Å². The molecule has 0 aromatic carbocycles. The molecule has 0 aliphatic heterocycles. The van der Waals surface area contributed by atoms with Crippen molar-refractivity contribution < 1.29 is 4.42 Å². The first-order chi connectivity index (χ1) is 6.31. The van der Waals surface area contributed by atoms with Gasteiger partial charge < -0.3 is 4.42 Å². The highest BCUT2D eigenvalue weighted by molar-refractivity contribution is 4.98. The zero-order chi connectivity index (χ0) is 9.26. The first-order valence-corrected chi connectivity index (χ1v) is 5.07. The van der Waals surface area contributed by atoms with Crippen LogP contribution in [0.3, 0.4) is 0 Å². The number of rotatable bonds is 3. The summed E-state index contributed by atoms with van der Waals surface area (Å²) in [6, 6.07) is 0. The monoisotopic (exact) mass is 180 g/mol. The Labute approximate surface area is 78.5 Å². The molecule has 3 heteroatoms. The molecule has 13 heavy (non-hydrogen) atoms. The van der Waals surface area contributed by atoms with Gasteiger partial charge in [0.15, 0.2) is 0 Å². The molecule has 2 rings (SSSR count). The van der Waals surface area contributed by atoms with E-state index in [0.29, 0.717) is 5.92 Å². The van der Waals surface area contributed by atoms with Crippen molar-refractivity contribution in [3.63, 3.8) is 0 Å². The molecule has 3 nitrogen and oxygen atoms in total. The summed E-state index contributed by atoms with van der Waals surface area (Å²) in [7, 11) is 0. The molecule has 0 saturated heterocycles. The highest BCUT2D eigenvalue weighted by atomic mass is 16.4. The van der Waals surface area contributed by atoms with Crippen LogP contribution in [0.4, 0.5) is 0 Å². The minimum atomic E-state index is 0.543. The van der Waals surface area contributed by atoms with Gasteiger partial charge in [-0.3, -0.25) is 0 Å². The first-order valence-electron chi connectivity index (χ1n) is 5.07. The summed E-state index contributed by atoms with van der Waals surface area (Å²) >= 11 is 0. The predicted molar refractivity (Wildman–Crippen MR) is 49.2 cm³/mol. The van der Waals surface area contributed by atoms with E-state index in [4.69, 9.17) is 4.42 Å². The van der Waals surface area contributed by atoms with Gasteiger partial charge in [-0.1, -0.05) is 20.3 Å². The molecule has 1 aromatic heterocycles. The van der Waals surface area contributed by atoms with E-state index in [1.807, 2.05) is 0 Å². The molecule has 1 aliphatic rings. The second kappa shape index (κ2) is 3.48. The number of aromatic nitrogens is 2. The lowest BCUT2D eigenvalue weighted by Gasteiger charge is -2.36. The van der Waals surface area contributed by atoms with Gasteiger partial charge in [-0.2, -0.15) is 0 Å². The van der Waals surface area contributed by atoms with Crippen molar-refractivity contribution in [1.82, 2.24) is 10.2 Å². The Morgan fingerprint density at radius 3 is 2.92 bits per heavy atom. The van der Waals surface area contributed by atoms with Gasteiger partial charge >= 0.3 is 0 Å². The molecule has 0 spiro atoms. The Morgan fingerprint density at radius 1 is 1.62 bits per heavy atom. The fourth-order valence-electron chi connectivity index (χ4n) is 2.02. The second-order valence-electron chi connectivity index (χ2n) is 4.09. The molecule has 0 N–H and O–H groups in total. The minimum Gasteiger partial charge on any atom is -0.428 e. The zero-order valence-corrected chi connectivity index (χ0v) is 8.23. The third-order valence-electron chi connectivity index (χ3n) is 3.35. The van der Waals surface area contributed by atoms with Gasteiger partial charge in [-0.15, -0.1) is 10.2 Å². The Morgan fingerprint density at radius 2 is 2.38 bits per heavy atom. The molecular weight excluding hydrogens is 164 g/mol. The van der Waals surface area contributed by atoms with Crippen molar-refractivity contribution in [2.24, 2.45) is 11.8 Å². The lowest BCUT2D eigenvalue weighted by molar-refractivity contribution is 0.160. The first kappa shape index (κ1) is 8.73. The van der Waals surface area contributed by atoms with E-state index in [1.54, 1.807) is 0 Å². The predicted octanol–water partition coefficient (Wildman–Crippen LogP) is 2.61. The zero-order valence-electron chi connectivity index (χ0n) is 8.23. The van der Waals surface area contributed by atoms with Gasteiger partial charge in [-0.05, 0) is 24.7 Å². The van der Waals surface area contributed by atoms with E-state index in [9.17, 15) is 0 Å². The topological polar surface area (TPSA) is 38.9 Å². The lowest BCUT2D eigenvalue weighted by Crippen LogP contribution is -2.27. The molecule has 1 aliphatic carbocycles. The van der Waals surface area contributed by atoms with Crippen molar-refractivity contribution in [2.75, 3.05) is 0 Å². The average molecular weight is 180 g/mol. The van der Waals surface area contributed by atoms with Gasteiger partial charge in [0.05, 0.1) is 0 Å². The fourth-order valence-corrected chi connectivity index (χ4v) is 2.02. The van der Waals surface area contributed by atoms with Crippen molar-refractivity contribution >= 4 is 0 Å². The number of nitrogens with zero attached hydrogens (tertiary/aromatic N) is 2. The average Bonchev–Trinajstić information content (AvgIpc) is 2.54. The molecule has 72 valence electrons. The van der Waals surface area contributed by atoms with Gasteiger partial charge in [0.25, 0.3) is 0 Å². The Bertz CT molecular complexity index is 252. The highest BCUT2D eigenvalue weighted by Gasteiger charge is 2.35. The SMILES string of the molecule is CCC(C)C1CC(c2nnco2)C1. The van der Waals surface area contributed by atoms with Crippen molar-refractivity contribution in [3.8, 4) is 0 Å². The fraction of sp³-hybridized carbons (Fsp3) is 0.800. The molecular formula is C10H16N2O. The summed E-state index contributed by atoms with van der Waals surface area (Å²) < 4.78 is 5.18. The van der Waals surface area contributed by atoms with Crippen LogP contribution in [0.25, 0.3) is 0 Å². The van der Waals surface area contributed by atoms with Crippen LogP contribution < -0.4 is 0 Å². The standard InChI is InChI=1S/C10H16N2O/c1-3-7(2)8-4-9(5-8)10-12-11-6-13-10/h6-9H,3-5H2,1-2H3. The van der Waals surface area contributed by atoms with Crippen LogP contribution in [0.15, 0.2) is 10.8 Å². The summed E-state index contributed by atoms with van der Waals surface area (Å²) in [5.41, 5.74) is 0. The largest absolute Gasteiger partial charge is 0.428 e. The molecule has 0 radical (unpaired) electrons. The van der Waals surface area contributed by atoms with E-state index in [0.717, 1.165) is 17.7 Å². The van der Waals surface area contributed by atoms with Gasteiger partial charge in [0.2, 0.25) is 12.3 Å². The maximum atomic E-state index is 5.18. The molecule has 0 bridgehead atoms. The summed E-state index contributed by atoms with van der Waals surface area (Å²) in [5.74, 6) is 3.10. The summed E-state index contributed by atoms with van der Waals surface area (Å²) in [6.45, 7) is 4.58. The van der Waals surface area contributed by atoms with Crippen LogP contribution in [0.1, 0.15) is 44.9 Å². The van der Waals surface area contributed by atoms with Crippen molar-refractivity contribution in [3.05, 3.63) is 12.3 Å². The minimum absolute atomic E-state index is 0.543. The molecule has 1 atom stereocenters. The lowest BCUT2D eigenvalue weighted by atomic mass is 9.68. The molecule has 1 saturated carbocycles. The van der Waals surface area contributed by atoms with E-state index in [-0.39, 0.29) is 0 Å². The molecule has 1 fully saturated rings. The molecule has 1 aromatic rings. The van der Waals surface area contributed by atoms with Crippen LogP contribution in [0.5, 0.6) is 0 Å². The normalized spacial score (nSPS) is 29.7. The van der Waals surface area contributed by atoms with Crippen LogP contribution in [0, 0.1) is 11.8 Å². The Hall–Kier alpha value is -0.860. The quantitative estimate of drug-likeness (QED) is 0.717. The van der Waals surface area contributed by atoms with Gasteiger partial charge in [-0.25, -0.2) is 0 Å². The Balaban J connectivity index is 1.85. The summed E-state index contributed by atoms with van der Waals surface area (Å²) in [6.07, 6.45) is 5.17. The van der Waals surface area contributed by atoms with Gasteiger partial charge in [0, 0.05) is 5.92 Å². The Kier molecular flexibility index (Phi) is 2.34. The number of hydrogen-bond acceptors (Lipinski definition) is 3. The van der Waals surface area contributed by atoms with Gasteiger partial charge in [0.1, 0.15) is 0 Å². The van der Waals surface area contributed by atoms with Crippen LogP contribution in [-0.2, 0) is 0 Å². The van der Waals surface area contributed by atoms with E-state index >= 15 is 0 Å². The smallest absolute Gasteiger partial charge is 0.219 e. The van der Waals surface area contributed by atoms with Crippen molar-refractivity contribution in [1.29, 1.82) is 0 Å². The maximum absolute atomic E-state index is 5.18. The van der Waals surface area contributed by atoms with E-state index in [2.05, 4.69) is 24.0 Å². The van der Waals surface area contributed by atoms with Crippen LogP contribution in [-0.4, -0.2) is 10.2 Å². The second-order valence-corrected chi connectivity index (χ2v) is 4.09. The van der Waals surface area contributed by atoms with Crippen LogP contribution in [0.2, 0.25) is 0 Å². The number of hydrogen-bond donors (Lipinski definition) is 0. The summed E-state index contributed by atoms with van der Waals surface area (Å²) in [4.78, 5) is 0. The van der Waals surface area contributed by atoms with Crippen LogP contribution >= 0.6 is 0 Å². The third-order valence-corrected chi connectivity index (χ3v) is 3.35. The third kappa shape index (κ3) is 1.60. The maximum Gasteiger partial charge on any atom is 0.219 e. The van der Waals surface area contributed by atoms with Crippen molar-refractivity contribution in [2.45, 2.75) is 39.0 Å². The molecule has 0 amide bonds. The van der Waals surface area contributed by atoms with E-state index in [1.165, 1.54) is 25.7 Å². The highest BCUT2D eigenvalue weighted by Crippen LogP contribution is 2.45.